The summed E-state index contributed by atoms with van der Waals surface area (Å²) in [6, 6.07) is 5.34. The van der Waals surface area contributed by atoms with Gasteiger partial charge < -0.3 is 10.4 Å². The van der Waals surface area contributed by atoms with Crippen molar-refractivity contribution in [2.45, 2.75) is 32.7 Å². The third-order valence-electron chi connectivity index (χ3n) is 3.90. The average Bonchev–Trinajstić information content (AvgIpc) is 3.11. The van der Waals surface area contributed by atoms with E-state index < -0.39 is 0 Å². The molecule has 1 aromatic carbocycles. The average molecular weight is 264 g/mol. The summed E-state index contributed by atoms with van der Waals surface area (Å²) in [7, 11) is 0. The van der Waals surface area contributed by atoms with Crippen LogP contribution < -0.4 is 5.32 Å². The van der Waals surface area contributed by atoms with Gasteiger partial charge in [-0.15, -0.1) is 0 Å². The minimum atomic E-state index is -0.340. The number of nitro benzene ring substituents is 1. The standard InChI is InChI=1S/C14H20N2O3/c1-11-2-3-12(8-13(11)16(18)19)9-15-10-14(4-5-14)6-7-17/h2-3,8,15,17H,4-7,9-10H2,1H3. The van der Waals surface area contributed by atoms with Crippen LogP contribution in [-0.4, -0.2) is 23.2 Å². The molecule has 0 heterocycles. The lowest BCUT2D eigenvalue weighted by molar-refractivity contribution is -0.385. The Kier molecular flexibility index (Phi) is 4.17. The number of nitrogens with one attached hydrogen (secondary N) is 1. The molecule has 0 bridgehead atoms. The molecule has 1 aliphatic carbocycles. The molecule has 5 heteroatoms. The number of nitrogens with zero attached hydrogens (tertiary/aromatic N) is 1. The predicted octanol–water partition coefficient (Wildman–Crippen LogP) is 2.16. The molecule has 0 aliphatic heterocycles. The SMILES string of the molecule is Cc1ccc(CNCC2(CCO)CC2)cc1[N+](=O)[O-]. The topological polar surface area (TPSA) is 75.4 Å². The van der Waals surface area contributed by atoms with Crippen molar-refractivity contribution in [2.75, 3.05) is 13.2 Å². The molecule has 0 spiro atoms. The van der Waals surface area contributed by atoms with E-state index in [1.54, 1.807) is 19.1 Å². The predicted molar refractivity (Wildman–Crippen MR) is 72.9 cm³/mol. The van der Waals surface area contributed by atoms with Crippen molar-refractivity contribution < 1.29 is 10.0 Å². The van der Waals surface area contributed by atoms with E-state index in [9.17, 15) is 10.1 Å². The van der Waals surface area contributed by atoms with Crippen LogP contribution in [0, 0.1) is 22.5 Å². The molecule has 0 unspecified atom stereocenters. The Morgan fingerprint density at radius 3 is 2.79 bits per heavy atom. The van der Waals surface area contributed by atoms with Crippen LogP contribution in [0.4, 0.5) is 5.69 Å². The van der Waals surface area contributed by atoms with Gasteiger partial charge in [-0.05, 0) is 37.2 Å². The molecule has 19 heavy (non-hydrogen) atoms. The zero-order valence-electron chi connectivity index (χ0n) is 11.2. The smallest absolute Gasteiger partial charge is 0.272 e. The van der Waals surface area contributed by atoms with E-state index >= 15 is 0 Å². The van der Waals surface area contributed by atoms with Crippen molar-refractivity contribution in [3.05, 3.63) is 39.4 Å². The van der Waals surface area contributed by atoms with E-state index in [-0.39, 0.29) is 22.6 Å². The van der Waals surface area contributed by atoms with Crippen molar-refractivity contribution in [2.24, 2.45) is 5.41 Å². The van der Waals surface area contributed by atoms with Crippen LogP contribution in [0.3, 0.4) is 0 Å². The molecular formula is C14H20N2O3. The van der Waals surface area contributed by atoms with Gasteiger partial charge in [0.1, 0.15) is 0 Å². The molecule has 1 saturated carbocycles. The molecule has 0 saturated heterocycles. The molecule has 1 aromatic rings. The summed E-state index contributed by atoms with van der Waals surface area (Å²) in [6.45, 7) is 3.48. The maximum absolute atomic E-state index is 10.9. The van der Waals surface area contributed by atoms with Gasteiger partial charge in [-0.2, -0.15) is 0 Å². The van der Waals surface area contributed by atoms with Gasteiger partial charge in [-0.25, -0.2) is 0 Å². The first-order valence-electron chi connectivity index (χ1n) is 6.62. The number of aliphatic hydroxyl groups excluding tert-OH is 1. The maximum atomic E-state index is 10.9. The van der Waals surface area contributed by atoms with Crippen LogP contribution >= 0.6 is 0 Å². The third-order valence-corrected chi connectivity index (χ3v) is 3.90. The molecule has 1 aliphatic rings. The van der Waals surface area contributed by atoms with Crippen LogP contribution in [0.1, 0.15) is 30.4 Å². The first-order chi connectivity index (χ1) is 9.06. The molecule has 0 amide bonds. The van der Waals surface area contributed by atoms with Crippen LogP contribution in [0.2, 0.25) is 0 Å². The Morgan fingerprint density at radius 1 is 1.47 bits per heavy atom. The van der Waals surface area contributed by atoms with Gasteiger partial charge in [0, 0.05) is 31.3 Å². The van der Waals surface area contributed by atoms with Gasteiger partial charge in [-0.1, -0.05) is 12.1 Å². The number of hydrogen-bond donors (Lipinski definition) is 2. The molecule has 104 valence electrons. The molecule has 2 rings (SSSR count). The highest BCUT2D eigenvalue weighted by Crippen LogP contribution is 2.47. The number of nitro groups is 1. The number of hydrogen-bond acceptors (Lipinski definition) is 4. The van der Waals surface area contributed by atoms with Gasteiger partial charge in [0.15, 0.2) is 0 Å². The monoisotopic (exact) mass is 264 g/mol. The summed E-state index contributed by atoms with van der Waals surface area (Å²) >= 11 is 0. The van der Waals surface area contributed by atoms with Crippen molar-refractivity contribution >= 4 is 5.69 Å². The lowest BCUT2D eigenvalue weighted by Gasteiger charge is -2.14. The third kappa shape index (κ3) is 3.52. The number of aliphatic hydroxyl groups is 1. The highest BCUT2D eigenvalue weighted by atomic mass is 16.6. The van der Waals surface area contributed by atoms with E-state index in [0.29, 0.717) is 12.1 Å². The molecule has 5 nitrogen and oxygen atoms in total. The minimum absolute atomic E-state index is 0.177. The molecule has 0 aromatic heterocycles. The Morgan fingerprint density at radius 2 is 2.21 bits per heavy atom. The second-order valence-corrected chi connectivity index (χ2v) is 5.46. The minimum Gasteiger partial charge on any atom is -0.396 e. The van der Waals surface area contributed by atoms with Gasteiger partial charge in [0.25, 0.3) is 5.69 Å². The fraction of sp³-hybridized carbons (Fsp3) is 0.571. The fourth-order valence-corrected chi connectivity index (χ4v) is 2.36. The Labute approximate surface area is 112 Å². The quantitative estimate of drug-likeness (QED) is 0.584. The molecule has 0 radical (unpaired) electrons. The lowest BCUT2D eigenvalue weighted by Crippen LogP contribution is -2.24. The van der Waals surface area contributed by atoms with E-state index in [4.69, 9.17) is 5.11 Å². The summed E-state index contributed by atoms with van der Waals surface area (Å²) in [4.78, 5) is 10.5. The Hall–Kier alpha value is -1.46. The van der Waals surface area contributed by atoms with Gasteiger partial charge in [0.05, 0.1) is 4.92 Å². The summed E-state index contributed by atoms with van der Waals surface area (Å²) in [6.07, 6.45) is 3.16. The highest BCUT2D eigenvalue weighted by Gasteiger charge is 2.41. The maximum Gasteiger partial charge on any atom is 0.272 e. The number of benzene rings is 1. The summed E-state index contributed by atoms with van der Waals surface area (Å²) in [5.74, 6) is 0. The summed E-state index contributed by atoms with van der Waals surface area (Å²) in [5, 5.41) is 23.2. The Balaban J connectivity index is 1.90. The van der Waals surface area contributed by atoms with Crippen molar-refractivity contribution in [1.29, 1.82) is 0 Å². The molecule has 1 fully saturated rings. The second kappa shape index (κ2) is 5.67. The first kappa shape index (κ1) is 14.0. The zero-order valence-corrected chi connectivity index (χ0v) is 11.2. The second-order valence-electron chi connectivity index (χ2n) is 5.46. The first-order valence-corrected chi connectivity index (χ1v) is 6.62. The number of aryl methyl sites for hydroxylation is 1. The van der Waals surface area contributed by atoms with Crippen molar-refractivity contribution in [1.82, 2.24) is 5.32 Å². The van der Waals surface area contributed by atoms with Crippen molar-refractivity contribution in [3.8, 4) is 0 Å². The highest BCUT2D eigenvalue weighted by molar-refractivity contribution is 5.42. The van der Waals surface area contributed by atoms with E-state index in [1.165, 1.54) is 0 Å². The van der Waals surface area contributed by atoms with Crippen LogP contribution in [0.5, 0.6) is 0 Å². The normalized spacial score (nSPS) is 16.3. The lowest BCUT2D eigenvalue weighted by atomic mass is 10.0. The molecule has 2 N–H and O–H groups in total. The zero-order chi connectivity index (χ0) is 13.9. The van der Waals surface area contributed by atoms with Crippen molar-refractivity contribution in [3.63, 3.8) is 0 Å². The van der Waals surface area contributed by atoms with Crippen LogP contribution in [0.25, 0.3) is 0 Å². The number of rotatable bonds is 7. The Bertz CT molecular complexity index is 470. The van der Waals surface area contributed by atoms with Gasteiger partial charge >= 0.3 is 0 Å². The van der Waals surface area contributed by atoms with Gasteiger partial charge in [0.2, 0.25) is 0 Å². The van der Waals surface area contributed by atoms with Crippen LogP contribution in [-0.2, 0) is 6.54 Å². The molecular weight excluding hydrogens is 244 g/mol. The van der Waals surface area contributed by atoms with E-state index in [1.807, 2.05) is 6.07 Å². The van der Waals surface area contributed by atoms with E-state index in [2.05, 4.69) is 5.32 Å². The molecule has 0 atom stereocenters. The summed E-state index contributed by atoms with van der Waals surface area (Å²) < 4.78 is 0. The summed E-state index contributed by atoms with van der Waals surface area (Å²) in [5.41, 5.74) is 2.06. The van der Waals surface area contributed by atoms with Crippen LogP contribution in [0.15, 0.2) is 18.2 Å². The van der Waals surface area contributed by atoms with Gasteiger partial charge in [-0.3, -0.25) is 10.1 Å². The largest absolute Gasteiger partial charge is 0.396 e. The fourth-order valence-electron chi connectivity index (χ4n) is 2.36. The van der Waals surface area contributed by atoms with E-state index in [0.717, 1.165) is 31.4 Å².